The fourth-order valence-corrected chi connectivity index (χ4v) is 1.49. The summed E-state index contributed by atoms with van der Waals surface area (Å²) in [5, 5.41) is 13.5. The fraction of sp³-hybridized carbons (Fsp3) is 0.556. The molecule has 1 aromatic heterocycles. The predicted molar refractivity (Wildman–Crippen MR) is 57.1 cm³/mol. The van der Waals surface area contributed by atoms with Gasteiger partial charge in [-0.05, 0) is 6.92 Å². The molecule has 18 heavy (non-hydrogen) atoms. The number of aliphatic hydroxyl groups excluding tert-OH is 1. The molecule has 0 atom stereocenters. The van der Waals surface area contributed by atoms with Crippen LogP contribution >= 0.6 is 11.6 Å². The molecule has 1 rings (SSSR count). The van der Waals surface area contributed by atoms with Crippen LogP contribution in [0.4, 0.5) is 13.2 Å². The van der Waals surface area contributed by atoms with E-state index in [1.807, 2.05) is 0 Å². The maximum absolute atomic E-state index is 12.5. The standard InChI is InChI=1S/C9H11ClF3N3O2/c1-5-7(10)8(9(11,12)13)15-16(5)4-6(18)14-2-3-17/h17H,2-4H2,1H3,(H,14,18). The first-order valence-electron chi connectivity index (χ1n) is 4.95. The Kier molecular flexibility index (Phi) is 4.58. The van der Waals surface area contributed by atoms with Crippen molar-refractivity contribution in [2.24, 2.45) is 0 Å². The molecule has 5 nitrogen and oxygen atoms in total. The van der Waals surface area contributed by atoms with Crippen LogP contribution in [0.1, 0.15) is 11.4 Å². The number of carbonyl (C=O) groups is 1. The summed E-state index contributed by atoms with van der Waals surface area (Å²) in [7, 11) is 0. The average molecular weight is 286 g/mol. The van der Waals surface area contributed by atoms with Gasteiger partial charge in [0.05, 0.1) is 17.3 Å². The number of aromatic nitrogens is 2. The van der Waals surface area contributed by atoms with Crippen molar-refractivity contribution in [2.45, 2.75) is 19.6 Å². The Labute approximate surface area is 106 Å². The highest BCUT2D eigenvalue weighted by Crippen LogP contribution is 2.35. The predicted octanol–water partition coefficient (Wildman–Crippen LogP) is 0.972. The van der Waals surface area contributed by atoms with E-state index in [0.717, 1.165) is 4.68 Å². The third kappa shape index (κ3) is 3.36. The Morgan fingerprint density at radius 1 is 1.56 bits per heavy atom. The molecular formula is C9H11ClF3N3O2. The summed E-state index contributed by atoms with van der Waals surface area (Å²) in [5.74, 6) is -0.556. The monoisotopic (exact) mass is 285 g/mol. The Bertz CT molecular complexity index is 445. The van der Waals surface area contributed by atoms with Gasteiger partial charge in [-0.3, -0.25) is 9.48 Å². The number of nitrogens with one attached hydrogen (secondary N) is 1. The average Bonchev–Trinajstić information content (AvgIpc) is 2.54. The molecule has 0 radical (unpaired) electrons. The van der Waals surface area contributed by atoms with E-state index >= 15 is 0 Å². The third-order valence-corrected chi connectivity index (χ3v) is 2.58. The molecule has 0 aromatic carbocycles. The van der Waals surface area contributed by atoms with Crippen LogP contribution in [-0.4, -0.2) is 33.9 Å². The van der Waals surface area contributed by atoms with Gasteiger partial charge < -0.3 is 10.4 Å². The van der Waals surface area contributed by atoms with Crippen LogP contribution in [0.25, 0.3) is 0 Å². The van der Waals surface area contributed by atoms with Gasteiger partial charge in [-0.1, -0.05) is 11.6 Å². The van der Waals surface area contributed by atoms with Crippen molar-refractivity contribution < 1.29 is 23.1 Å². The first kappa shape index (κ1) is 14.8. The molecule has 0 aliphatic rings. The summed E-state index contributed by atoms with van der Waals surface area (Å²) in [6, 6.07) is 0. The molecule has 0 spiro atoms. The Morgan fingerprint density at radius 3 is 2.61 bits per heavy atom. The van der Waals surface area contributed by atoms with Crippen molar-refractivity contribution in [3.8, 4) is 0 Å². The number of hydrogen-bond donors (Lipinski definition) is 2. The number of nitrogens with zero attached hydrogens (tertiary/aromatic N) is 2. The third-order valence-electron chi connectivity index (χ3n) is 2.13. The van der Waals surface area contributed by atoms with Crippen LogP contribution in [0, 0.1) is 6.92 Å². The van der Waals surface area contributed by atoms with Gasteiger partial charge in [0, 0.05) is 6.54 Å². The topological polar surface area (TPSA) is 67.2 Å². The molecule has 0 fully saturated rings. The van der Waals surface area contributed by atoms with Crippen LogP contribution in [0.5, 0.6) is 0 Å². The lowest BCUT2D eigenvalue weighted by molar-refractivity contribution is -0.141. The second-order valence-electron chi connectivity index (χ2n) is 3.48. The van der Waals surface area contributed by atoms with Crippen molar-refractivity contribution in [2.75, 3.05) is 13.2 Å². The van der Waals surface area contributed by atoms with E-state index in [9.17, 15) is 18.0 Å². The second-order valence-corrected chi connectivity index (χ2v) is 3.85. The Morgan fingerprint density at radius 2 is 2.17 bits per heavy atom. The molecule has 1 amide bonds. The zero-order valence-electron chi connectivity index (χ0n) is 9.38. The summed E-state index contributed by atoms with van der Waals surface area (Å²) < 4.78 is 38.3. The van der Waals surface area contributed by atoms with Crippen LogP contribution < -0.4 is 5.32 Å². The molecule has 2 N–H and O–H groups in total. The summed E-state index contributed by atoms with van der Waals surface area (Å²) in [6.07, 6.45) is -4.66. The summed E-state index contributed by atoms with van der Waals surface area (Å²) in [5.41, 5.74) is -1.15. The molecule has 1 heterocycles. The van der Waals surface area contributed by atoms with Crippen LogP contribution in [0.2, 0.25) is 5.02 Å². The van der Waals surface area contributed by atoms with Crippen molar-refractivity contribution in [3.05, 3.63) is 16.4 Å². The minimum absolute atomic E-state index is 0.0268. The van der Waals surface area contributed by atoms with Crippen molar-refractivity contribution in [3.63, 3.8) is 0 Å². The van der Waals surface area contributed by atoms with Gasteiger partial charge in [0.2, 0.25) is 5.91 Å². The summed E-state index contributed by atoms with van der Waals surface area (Å²) in [6.45, 7) is 0.725. The number of alkyl halides is 3. The molecule has 0 unspecified atom stereocenters. The van der Waals surface area contributed by atoms with E-state index in [1.54, 1.807) is 0 Å². The van der Waals surface area contributed by atoms with Gasteiger partial charge in [0.1, 0.15) is 6.54 Å². The van der Waals surface area contributed by atoms with Gasteiger partial charge in [-0.2, -0.15) is 18.3 Å². The zero-order chi connectivity index (χ0) is 13.9. The minimum atomic E-state index is -4.66. The minimum Gasteiger partial charge on any atom is -0.395 e. The van der Waals surface area contributed by atoms with E-state index in [-0.39, 0.29) is 25.4 Å². The molecule has 9 heteroatoms. The van der Waals surface area contributed by atoms with Crippen LogP contribution in [-0.2, 0) is 17.5 Å². The van der Waals surface area contributed by atoms with E-state index in [0.29, 0.717) is 0 Å². The highest BCUT2D eigenvalue weighted by molar-refractivity contribution is 6.31. The Balaban J connectivity index is 2.88. The fourth-order valence-electron chi connectivity index (χ4n) is 1.25. The lowest BCUT2D eigenvalue weighted by Gasteiger charge is -2.05. The van der Waals surface area contributed by atoms with Crippen molar-refractivity contribution in [1.29, 1.82) is 0 Å². The molecule has 0 saturated carbocycles. The quantitative estimate of drug-likeness (QED) is 0.866. The number of halogens is 4. The van der Waals surface area contributed by atoms with Gasteiger partial charge in [-0.15, -0.1) is 0 Å². The molecule has 1 aromatic rings. The van der Waals surface area contributed by atoms with E-state index in [4.69, 9.17) is 16.7 Å². The normalized spacial score (nSPS) is 11.7. The van der Waals surface area contributed by atoms with Gasteiger partial charge in [0.15, 0.2) is 5.69 Å². The number of rotatable bonds is 4. The van der Waals surface area contributed by atoms with Crippen molar-refractivity contribution >= 4 is 17.5 Å². The Hall–Kier alpha value is -1.28. The van der Waals surface area contributed by atoms with Gasteiger partial charge >= 0.3 is 6.18 Å². The molecule has 0 bridgehead atoms. The first-order valence-corrected chi connectivity index (χ1v) is 5.32. The summed E-state index contributed by atoms with van der Waals surface area (Å²) >= 11 is 5.51. The van der Waals surface area contributed by atoms with Gasteiger partial charge in [0.25, 0.3) is 0 Å². The lowest BCUT2D eigenvalue weighted by atomic mass is 10.3. The smallest absolute Gasteiger partial charge is 0.395 e. The molecule has 0 aliphatic heterocycles. The zero-order valence-corrected chi connectivity index (χ0v) is 10.1. The van der Waals surface area contributed by atoms with E-state index < -0.39 is 22.8 Å². The highest BCUT2D eigenvalue weighted by Gasteiger charge is 2.38. The molecule has 0 aliphatic carbocycles. The second kappa shape index (κ2) is 5.57. The van der Waals surface area contributed by atoms with Crippen molar-refractivity contribution in [1.82, 2.24) is 15.1 Å². The van der Waals surface area contributed by atoms with E-state index in [1.165, 1.54) is 6.92 Å². The number of hydrogen-bond acceptors (Lipinski definition) is 3. The maximum atomic E-state index is 12.5. The number of carbonyl (C=O) groups excluding carboxylic acids is 1. The SMILES string of the molecule is Cc1c(Cl)c(C(F)(F)F)nn1CC(=O)NCCO. The summed E-state index contributed by atoms with van der Waals surface area (Å²) in [4.78, 5) is 11.3. The first-order chi connectivity index (χ1) is 8.27. The number of aliphatic hydroxyl groups is 1. The van der Waals surface area contributed by atoms with Gasteiger partial charge in [-0.25, -0.2) is 0 Å². The van der Waals surface area contributed by atoms with Crippen LogP contribution in [0.15, 0.2) is 0 Å². The largest absolute Gasteiger partial charge is 0.436 e. The molecular weight excluding hydrogens is 275 g/mol. The molecule has 102 valence electrons. The highest BCUT2D eigenvalue weighted by atomic mass is 35.5. The number of amides is 1. The molecule has 0 saturated heterocycles. The van der Waals surface area contributed by atoms with Crippen LogP contribution in [0.3, 0.4) is 0 Å². The maximum Gasteiger partial charge on any atom is 0.436 e. The lowest BCUT2D eigenvalue weighted by Crippen LogP contribution is -2.30. The van der Waals surface area contributed by atoms with E-state index in [2.05, 4.69) is 10.4 Å².